The third-order valence-corrected chi connectivity index (χ3v) is 4.24. The quantitative estimate of drug-likeness (QED) is 0.275. The van der Waals surface area contributed by atoms with Gasteiger partial charge in [0.15, 0.2) is 0 Å². The number of benzene rings is 1. The minimum Gasteiger partial charge on any atom is -0.483 e. The SMILES string of the molecule is CCCCC#C[C@@H]1C=C[C@H](Oc2ccc(C(=O)OC)cc2)[C@@H](COC(=O)OCC)O1. The van der Waals surface area contributed by atoms with Gasteiger partial charge in [0.05, 0.1) is 19.3 Å². The highest BCUT2D eigenvalue weighted by Gasteiger charge is 2.30. The van der Waals surface area contributed by atoms with Crippen LogP contribution in [-0.4, -0.2) is 50.8 Å². The molecule has 0 bridgehead atoms. The molecule has 0 amide bonds. The number of unbranched alkanes of at least 4 members (excludes halogenated alkanes) is 2. The van der Waals surface area contributed by atoms with Crippen LogP contribution in [0.25, 0.3) is 0 Å². The number of esters is 1. The summed E-state index contributed by atoms with van der Waals surface area (Å²) in [4.78, 5) is 23.1. The van der Waals surface area contributed by atoms with Crippen LogP contribution in [0.1, 0.15) is 43.5 Å². The molecule has 1 aliphatic rings. The lowest BCUT2D eigenvalue weighted by Crippen LogP contribution is -2.42. The first kappa shape index (κ1) is 23.3. The molecular formula is C23H28O7. The van der Waals surface area contributed by atoms with Crippen LogP contribution < -0.4 is 4.74 Å². The van der Waals surface area contributed by atoms with Crippen molar-refractivity contribution in [3.63, 3.8) is 0 Å². The molecule has 0 radical (unpaired) electrons. The molecule has 0 fully saturated rings. The highest BCUT2D eigenvalue weighted by Crippen LogP contribution is 2.21. The van der Waals surface area contributed by atoms with Gasteiger partial charge in [-0.15, -0.1) is 5.92 Å². The largest absolute Gasteiger partial charge is 0.508 e. The highest BCUT2D eigenvalue weighted by atomic mass is 16.7. The fourth-order valence-electron chi connectivity index (χ4n) is 2.67. The van der Waals surface area contributed by atoms with Gasteiger partial charge in [0.25, 0.3) is 0 Å². The molecule has 7 heteroatoms. The molecule has 1 heterocycles. The van der Waals surface area contributed by atoms with Crippen molar-refractivity contribution in [2.45, 2.75) is 51.4 Å². The van der Waals surface area contributed by atoms with Crippen LogP contribution in [0.3, 0.4) is 0 Å². The molecule has 0 unspecified atom stereocenters. The maximum absolute atomic E-state index is 11.6. The van der Waals surface area contributed by atoms with E-state index in [-0.39, 0.29) is 13.2 Å². The van der Waals surface area contributed by atoms with E-state index in [1.54, 1.807) is 31.2 Å². The predicted octanol–water partition coefficient (Wildman–Crippen LogP) is 3.91. The Balaban J connectivity index is 2.07. The smallest absolute Gasteiger partial charge is 0.483 e. The van der Waals surface area contributed by atoms with Crippen molar-refractivity contribution in [2.75, 3.05) is 20.3 Å². The van der Waals surface area contributed by atoms with E-state index >= 15 is 0 Å². The van der Waals surface area contributed by atoms with Crippen LogP contribution >= 0.6 is 0 Å². The molecule has 2 rings (SSSR count). The summed E-state index contributed by atoms with van der Waals surface area (Å²) in [6.07, 6.45) is 4.36. The second-order valence-corrected chi connectivity index (χ2v) is 6.50. The fourth-order valence-corrected chi connectivity index (χ4v) is 2.67. The molecule has 0 aromatic heterocycles. The molecule has 1 aliphatic heterocycles. The Morgan fingerprint density at radius 3 is 2.53 bits per heavy atom. The molecule has 162 valence electrons. The van der Waals surface area contributed by atoms with Gasteiger partial charge in [-0.25, -0.2) is 9.59 Å². The zero-order valence-corrected chi connectivity index (χ0v) is 17.6. The lowest BCUT2D eigenvalue weighted by molar-refractivity contribution is -0.0667. The van der Waals surface area contributed by atoms with Gasteiger partial charge < -0.3 is 23.7 Å². The Kier molecular flexibility index (Phi) is 9.75. The third kappa shape index (κ3) is 7.45. The van der Waals surface area contributed by atoms with Gasteiger partial charge >= 0.3 is 12.1 Å². The molecule has 0 aliphatic carbocycles. The van der Waals surface area contributed by atoms with Crippen LogP contribution in [0, 0.1) is 11.8 Å². The summed E-state index contributed by atoms with van der Waals surface area (Å²) in [5.41, 5.74) is 0.421. The van der Waals surface area contributed by atoms with Crippen LogP contribution in [0.2, 0.25) is 0 Å². The lowest BCUT2D eigenvalue weighted by Gasteiger charge is -2.30. The topological polar surface area (TPSA) is 80.3 Å². The number of carbonyl (C=O) groups is 2. The summed E-state index contributed by atoms with van der Waals surface area (Å²) in [5, 5.41) is 0. The molecule has 0 spiro atoms. The molecule has 3 atom stereocenters. The summed E-state index contributed by atoms with van der Waals surface area (Å²) in [6, 6.07) is 6.56. The van der Waals surface area contributed by atoms with E-state index in [1.807, 2.05) is 12.2 Å². The molecule has 1 aromatic carbocycles. The Morgan fingerprint density at radius 2 is 1.87 bits per heavy atom. The normalized spacial score (nSPS) is 19.9. The summed E-state index contributed by atoms with van der Waals surface area (Å²) in [7, 11) is 1.33. The summed E-state index contributed by atoms with van der Waals surface area (Å²) < 4.78 is 26.6. The van der Waals surface area contributed by atoms with E-state index in [0.717, 1.165) is 19.3 Å². The summed E-state index contributed by atoms with van der Waals surface area (Å²) in [5.74, 6) is 6.29. The minimum absolute atomic E-state index is 0.0405. The first-order valence-electron chi connectivity index (χ1n) is 10.0. The van der Waals surface area contributed by atoms with Crippen molar-refractivity contribution in [1.29, 1.82) is 0 Å². The van der Waals surface area contributed by atoms with E-state index in [1.165, 1.54) is 7.11 Å². The van der Waals surface area contributed by atoms with Crippen LogP contribution in [-0.2, 0) is 18.9 Å². The van der Waals surface area contributed by atoms with Gasteiger partial charge in [-0.1, -0.05) is 19.3 Å². The molecule has 7 nitrogen and oxygen atoms in total. The monoisotopic (exact) mass is 416 g/mol. The Morgan fingerprint density at radius 1 is 1.10 bits per heavy atom. The molecule has 0 N–H and O–H groups in total. The second-order valence-electron chi connectivity index (χ2n) is 6.50. The average Bonchev–Trinajstić information content (AvgIpc) is 2.76. The highest BCUT2D eigenvalue weighted by molar-refractivity contribution is 5.89. The van der Waals surface area contributed by atoms with Gasteiger partial charge in [-0.05, 0) is 49.8 Å². The van der Waals surface area contributed by atoms with Crippen molar-refractivity contribution in [3.8, 4) is 17.6 Å². The maximum Gasteiger partial charge on any atom is 0.508 e. The molecule has 30 heavy (non-hydrogen) atoms. The standard InChI is InChI=1S/C23H28O7/c1-4-6-7-8-9-18-14-15-20(21(30-18)16-28-23(25)27-5-2)29-19-12-10-17(11-13-19)22(24)26-3/h10-15,18,20-21H,4-7,16H2,1-3H3/t18-,20+,21-/m1/s1. The molecule has 0 saturated carbocycles. The van der Waals surface area contributed by atoms with Crippen molar-refractivity contribution < 1.29 is 33.3 Å². The first-order chi connectivity index (χ1) is 14.6. The Bertz CT molecular complexity index is 773. The van der Waals surface area contributed by atoms with Gasteiger partial charge in [0.2, 0.25) is 0 Å². The number of ether oxygens (including phenoxy) is 5. The second kappa shape index (κ2) is 12.6. The number of methoxy groups -OCH3 is 1. The van der Waals surface area contributed by atoms with Crippen LogP contribution in [0.4, 0.5) is 4.79 Å². The van der Waals surface area contributed by atoms with E-state index in [9.17, 15) is 9.59 Å². The zero-order valence-electron chi connectivity index (χ0n) is 17.6. The minimum atomic E-state index is -0.762. The maximum atomic E-state index is 11.6. The van der Waals surface area contributed by atoms with E-state index in [0.29, 0.717) is 11.3 Å². The molecule has 0 saturated heterocycles. The Labute approximate surface area is 177 Å². The molecular weight excluding hydrogens is 388 g/mol. The van der Waals surface area contributed by atoms with Gasteiger partial charge in [-0.3, -0.25) is 0 Å². The number of rotatable bonds is 8. The average molecular weight is 416 g/mol. The van der Waals surface area contributed by atoms with E-state index in [2.05, 4.69) is 18.8 Å². The van der Waals surface area contributed by atoms with E-state index < -0.39 is 30.4 Å². The van der Waals surface area contributed by atoms with Gasteiger partial charge in [-0.2, -0.15) is 0 Å². The number of hydrogen-bond donors (Lipinski definition) is 0. The number of carbonyl (C=O) groups excluding carboxylic acids is 2. The van der Waals surface area contributed by atoms with Gasteiger partial charge in [0, 0.05) is 6.42 Å². The molecule has 1 aromatic rings. The number of hydrogen-bond acceptors (Lipinski definition) is 7. The zero-order chi connectivity index (χ0) is 21.8. The summed E-state index contributed by atoms with van der Waals surface area (Å²) in [6.45, 7) is 4.00. The third-order valence-electron chi connectivity index (χ3n) is 4.24. The summed E-state index contributed by atoms with van der Waals surface area (Å²) >= 11 is 0. The van der Waals surface area contributed by atoms with Crippen LogP contribution in [0.15, 0.2) is 36.4 Å². The van der Waals surface area contributed by atoms with Crippen molar-refractivity contribution in [1.82, 2.24) is 0 Å². The van der Waals surface area contributed by atoms with E-state index in [4.69, 9.17) is 23.7 Å². The first-order valence-corrected chi connectivity index (χ1v) is 10.0. The van der Waals surface area contributed by atoms with Gasteiger partial charge in [0.1, 0.15) is 30.7 Å². The van der Waals surface area contributed by atoms with Crippen molar-refractivity contribution >= 4 is 12.1 Å². The predicted molar refractivity (Wildman–Crippen MR) is 110 cm³/mol. The fraction of sp³-hybridized carbons (Fsp3) is 0.478. The van der Waals surface area contributed by atoms with Crippen molar-refractivity contribution in [2.24, 2.45) is 0 Å². The van der Waals surface area contributed by atoms with Crippen molar-refractivity contribution in [3.05, 3.63) is 42.0 Å². The Hall–Kier alpha value is -2.98. The van der Waals surface area contributed by atoms with Crippen LogP contribution in [0.5, 0.6) is 5.75 Å². The lowest BCUT2D eigenvalue weighted by atomic mass is 10.1.